The Labute approximate surface area is 148 Å². The molecule has 7 heteroatoms. The average Bonchev–Trinajstić information content (AvgIpc) is 2.63. The van der Waals surface area contributed by atoms with Crippen molar-refractivity contribution < 1.29 is 13.9 Å². The number of rotatable bonds is 4. The number of aromatic nitrogens is 1. The van der Waals surface area contributed by atoms with Gasteiger partial charge in [0.2, 0.25) is 0 Å². The third-order valence-electron chi connectivity index (χ3n) is 3.77. The van der Waals surface area contributed by atoms with Gasteiger partial charge >= 0.3 is 0 Å². The van der Waals surface area contributed by atoms with Gasteiger partial charge in [0.1, 0.15) is 11.6 Å². The first-order chi connectivity index (χ1) is 11.6. The van der Waals surface area contributed by atoms with Gasteiger partial charge in [0.25, 0.3) is 5.91 Å². The fourth-order valence-electron chi connectivity index (χ4n) is 2.48. The van der Waals surface area contributed by atoms with Gasteiger partial charge in [-0.1, -0.05) is 0 Å². The van der Waals surface area contributed by atoms with Gasteiger partial charge in [0, 0.05) is 30.3 Å². The number of carbonyl (C=O) groups excluding carboxylic acids is 1. The van der Waals surface area contributed by atoms with Crippen molar-refractivity contribution >= 4 is 27.7 Å². The topological polar surface area (TPSA) is 54.5 Å². The second kappa shape index (κ2) is 7.72. The SMILES string of the molecule is O=C(NCc1ccnc(N2CCOCC2)c1)c1cc(F)ccc1Br. The van der Waals surface area contributed by atoms with E-state index < -0.39 is 5.82 Å². The summed E-state index contributed by atoms with van der Waals surface area (Å²) in [4.78, 5) is 18.8. The maximum absolute atomic E-state index is 13.3. The third kappa shape index (κ3) is 4.10. The number of carbonyl (C=O) groups is 1. The summed E-state index contributed by atoms with van der Waals surface area (Å²) in [6.07, 6.45) is 1.73. The van der Waals surface area contributed by atoms with E-state index in [2.05, 4.69) is 31.1 Å². The van der Waals surface area contributed by atoms with E-state index in [-0.39, 0.29) is 11.5 Å². The monoisotopic (exact) mass is 393 g/mol. The molecule has 2 aromatic rings. The van der Waals surface area contributed by atoms with Crippen LogP contribution in [-0.2, 0) is 11.3 Å². The zero-order valence-corrected chi connectivity index (χ0v) is 14.6. The van der Waals surface area contributed by atoms with Crippen molar-refractivity contribution in [2.75, 3.05) is 31.2 Å². The molecule has 0 unspecified atom stereocenters. The van der Waals surface area contributed by atoms with Gasteiger partial charge < -0.3 is 15.0 Å². The normalized spacial score (nSPS) is 14.5. The molecule has 1 aliphatic heterocycles. The summed E-state index contributed by atoms with van der Waals surface area (Å²) in [5, 5.41) is 2.81. The molecule has 1 amide bonds. The number of hydrogen-bond donors (Lipinski definition) is 1. The molecule has 1 fully saturated rings. The van der Waals surface area contributed by atoms with Crippen LogP contribution in [0.5, 0.6) is 0 Å². The van der Waals surface area contributed by atoms with E-state index >= 15 is 0 Å². The number of nitrogens with one attached hydrogen (secondary N) is 1. The maximum atomic E-state index is 13.3. The number of anilines is 1. The van der Waals surface area contributed by atoms with Crippen LogP contribution in [-0.4, -0.2) is 37.2 Å². The van der Waals surface area contributed by atoms with E-state index in [0.29, 0.717) is 24.2 Å². The summed E-state index contributed by atoms with van der Waals surface area (Å²) in [5.41, 5.74) is 1.21. The maximum Gasteiger partial charge on any atom is 0.252 e. The summed E-state index contributed by atoms with van der Waals surface area (Å²) in [6.45, 7) is 3.34. The van der Waals surface area contributed by atoms with Crippen molar-refractivity contribution in [1.82, 2.24) is 10.3 Å². The van der Waals surface area contributed by atoms with E-state index in [4.69, 9.17) is 4.74 Å². The van der Waals surface area contributed by atoms with Crippen LogP contribution in [0.25, 0.3) is 0 Å². The van der Waals surface area contributed by atoms with Gasteiger partial charge in [-0.3, -0.25) is 4.79 Å². The molecule has 5 nitrogen and oxygen atoms in total. The number of amides is 1. The van der Waals surface area contributed by atoms with E-state index in [1.807, 2.05) is 12.1 Å². The number of nitrogens with zero attached hydrogens (tertiary/aromatic N) is 2. The molecule has 24 heavy (non-hydrogen) atoms. The van der Waals surface area contributed by atoms with Gasteiger partial charge in [-0.15, -0.1) is 0 Å². The Balaban J connectivity index is 1.66. The standard InChI is InChI=1S/C17H17BrFN3O2/c18-15-2-1-13(19)10-14(15)17(23)21-11-12-3-4-20-16(9-12)22-5-7-24-8-6-22/h1-4,9-10H,5-8,11H2,(H,21,23). The molecule has 1 N–H and O–H groups in total. The van der Waals surface area contributed by atoms with Crippen molar-refractivity contribution in [3.8, 4) is 0 Å². The lowest BCUT2D eigenvalue weighted by atomic mass is 10.2. The highest BCUT2D eigenvalue weighted by atomic mass is 79.9. The van der Waals surface area contributed by atoms with E-state index in [0.717, 1.165) is 24.5 Å². The average molecular weight is 394 g/mol. The van der Waals surface area contributed by atoms with Crippen molar-refractivity contribution in [1.29, 1.82) is 0 Å². The van der Waals surface area contributed by atoms with E-state index in [9.17, 15) is 9.18 Å². The quantitative estimate of drug-likeness (QED) is 0.867. The molecule has 0 radical (unpaired) electrons. The van der Waals surface area contributed by atoms with Crippen LogP contribution in [0.4, 0.5) is 10.2 Å². The summed E-state index contributed by atoms with van der Waals surface area (Å²) in [5.74, 6) is 0.102. The lowest BCUT2D eigenvalue weighted by Gasteiger charge is -2.28. The van der Waals surface area contributed by atoms with Gasteiger partial charge in [0.05, 0.1) is 18.8 Å². The van der Waals surface area contributed by atoms with Gasteiger partial charge in [-0.2, -0.15) is 0 Å². The van der Waals surface area contributed by atoms with Crippen LogP contribution in [0, 0.1) is 5.82 Å². The van der Waals surface area contributed by atoms with Crippen molar-refractivity contribution in [3.05, 3.63) is 57.9 Å². The summed E-state index contributed by atoms with van der Waals surface area (Å²) >= 11 is 3.26. The van der Waals surface area contributed by atoms with Crippen LogP contribution < -0.4 is 10.2 Å². The highest BCUT2D eigenvalue weighted by Gasteiger charge is 2.14. The molecule has 126 valence electrons. The molecule has 1 saturated heterocycles. The zero-order chi connectivity index (χ0) is 16.9. The lowest BCUT2D eigenvalue weighted by molar-refractivity contribution is 0.0949. The molecular weight excluding hydrogens is 377 g/mol. The lowest BCUT2D eigenvalue weighted by Crippen LogP contribution is -2.36. The molecule has 1 aliphatic rings. The second-order valence-electron chi connectivity index (χ2n) is 5.43. The molecule has 0 atom stereocenters. The minimum absolute atomic E-state index is 0.275. The Hall–Kier alpha value is -1.99. The van der Waals surface area contributed by atoms with Crippen molar-refractivity contribution in [2.24, 2.45) is 0 Å². The molecule has 0 aliphatic carbocycles. The molecule has 1 aromatic carbocycles. The molecule has 0 saturated carbocycles. The molecule has 0 bridgehead atoms. The Morgan fingerprint density at radius 1 is 1.29 bits per heavy atom. The minimum Gasteiger partial charge on any atom is -0.378 e. The summed E-state index contributed by atoms with van der Waals surface area (Å²) in [6, 6.07) is 7.84. The van der Waals surface area contributed by atoms with Crippen molar-refractivity contribution in [3.63, 3.8) is 0 Å². The fourth-order valence-corrected chi connectivity index (χ4v) is 2.91. The first-order valence-electron chi connectivity index (χ1n) is 7.64. The molecular formula is C17H17BrFN3O2. The third-order valence-corrected chi connectivity index (χ3v) is 4.46. The summed E-state index contributed by atoms with van der Waals surface area (Å²) < 4.78 is 19.2. The van der Waals surface area contributed by atoms with E-state index in [1.54, 1.807) is 6.20 Å². The van der Waals surface area contributed by atoms with Crippen LogP contribution in [0.15, 0.2) is 41.0 Å². The number of benzene rings is 1. The van der Waals surface area contributed by atoms with Crippen LogP contribution in [0.1, 0.15) is 15.9 Å². The zero-order valence-electron chi connectivity index (χ0n) is 13.0. The smallest absolute Gasteiger partial charge is 0.252 e. The summed E-state index contributed by atoms with van der Waals surface area (Å²) in [7, 11) is 0. The second-order valence-corrected chi connectivity index (χ2v) is 6.28. The molecule has 0 spiro atoms. The number of halogens is 2. The Morgan fingerprint density at radius 2 is 2.08 bits per heavy atom. The van der Waals surface area contributed by atoms with Crippen molar-refractivity contribution in [2.45, 2.75) is 6.54 Å². The number of hydrogen-bond acceptors (Lipinski definition) is 4. The largest absolute Gasteiger partial charge is 0.378 e. The van der Waals surface area contributed by atoms with Gasteiger partial charge in [-0.05, 0) is 51.8 Å². The first-order valence-corrected chi connectivity index (χ1v) is 8.43. The number of ether oxygens (including phenoxy) is 1. The van der Waals surface area contributed by atoms with Crippen LogP contribution in [0.3, 0.4) is 0 Å². The minimum atomic E-state index is -0.443. The predicted octanol–water partition coefficient (Wildman–Crippen LogP) is 2.75. The number of pyridine rings is 1. The van der Waals surface area contributed by atoms with Crippen LogP contribution in [0.2, 0.25) is 0 Å². The van der Waals surface area contributed by atoms with Gasteiger partial charge in [-0.25, -0.2) is 9.37 Å². The van der Waals surface area contributed by atoms with Gasteiger partial charge in [0.15, 0.2) is 0 Å². The van der Waals surface area contributed by atoms with E-state index in [1.165, 1.54) is 18.2 Å². The Bertz CT molecular complexity index is 736. The highest BCUT2D eigenvalue weighted by Crippen LogP contribution is 2.18. The molecule has 3 rings (SSSR count). The first kappa shape index (κ1) is 16.9. The fraction of sp³-hybridized carbons (Fsp3) is 0.294. The predicted molar refractivity (Wildman–Crippen MR) is 92.5 cm³/mol. The highest BCUT2D eigenvalue weighted by molar-refractivity contribution is 9.10. The van der Waals surface area contributed by atoms with Crippen LogP contribution >= 0.6 is 15.9 Å². The Kier molecular flexibility index (Phi) is 5.42. The molecule has 2 heterocycles. The number of morpholine rings is 1. The Morgan fingerprint density at radius 3 is 2.88 bits per heavy atom. The molecule has 1 aromatic heterocycles.